The lowest BCUT2D eigenvalue weighted by Gasteiger charge is -2.13. The zero-order chi connectivity index (χ0) is 15.4. The lowest BCUT2D eigenvalue weighted by molar-refractivity contribution is -0.117. The maximum absolute atomic E-state index is 12.0. The molecule has 5 nitrogen and oxygen atoms in total. The number of nitrogens with one attached hydrogen (secondary N) is 2. The van der Waals surface area contributed by atoms with E-state index in [0.717, 1.165) is 11.3 Å². The van der Waals surface area contributed by atoms with Gasteiger partial charge in [-0.05, 0) is 37.0 Å². The largest absolute Gasteiger partial charge is 0.392 e. The van der Waals surface area contributed by atoms with Crippen LogP contribution in [0.25, 0.3) is 0 Å². The minimum absolute atomic E-state index is 0. The van der Waals surface area contributed by atoms with Crippen LogP contribution in [0.2, 0.25) is 0 Å². The highest BCUT2D eigenvalue weighted by atomic mass is 35.5. The molecule has 2 unspecified atom stereocenters. The van der Waals surface area contributed by atoms with Crippen LogP contribution in [0.3, 0.4) is 0 Å². The molecule has 1 aliphatic carbocycles. The Morgan fingerprint density at radius 2 is 1.96 bits per heavy atom. The highest BCUT2D eigenvalue weighted by molar-refractivity contribution is 5.95. The van der Waals surface area contributed by atoms with Gasteiger partial charge in [-0.2, -0.15) is 0 Å². The second-order valence-corrected chi connectivity index (χ2v) is 6.25. The highest BCUT2D eigenvalue weighted by Gasteiger charge is 2.27. The minimum atomic E-state index is -0.425. The molecule has 2 aliphatic rings. The fraction of sp³-hybridized carbons (Fsp3) is 0.588. The van der Waals surface area contributed by atoms with Crippen molar-refractivity contribution in [1.29, 1.82) is 0 Å². The van der Waals surface area contributed by atoms with Gasteiger partial charge in [0.1, 0.15) is 0 Å². The highest BCUT2D eigenvalue weighted by Crippen LogP contribution is 2.22. The van der Waals surface area contributed by atoms with Crippen LogP contribution in [0, 0.1) is 0 Å². The van der Waals surface area contributed by atoms with E-state index in [2.05, 4.69) is 10.6 Å². The molecule has 6 heteroatoms. The predicted molar refractivity (Wildman–Crippen MR) is 91.8 cm³/mol. The van der Waals surface area contributed by atoms with E-state index in [1.54, 1.807) is 0 Å². The van der Waals surface area contributed by atoms with Crippen molar-refractivity contribution in [2.45, 2.75) is 57.0 Å². The number of amides is 1. The molecular formula is C17H25ClN2O3. The van der Waals surface area contributed by atoms with Crippen molar-refractivity contribution in [1.82, 2.24) is 5.32 Å². The van der Waals surface area contributed by atoms with E-state index in [1.807, 2.05) is 24.3 Å². The zero-order valence-electron chi connectivity index (χ0n) is 13.2. The van der Waals surface area contributed by atoms with Crippen molar-refractivity contribution in [3.05, 3.63) is 29.8 Å². The van der Waals surface area contributed by atoms with Gasteiger partial charge < -0.3 is 20.5 Å². The third-order valence-electron chi connectivity index (χ3n) is 4.43. The SMILES string of the molecule is Cl.O=C(Nc1ccc(COC2CCCC2)cc1)C1CC(O)CN1. The number of rotatable bonds is 5. The molecule has 1 saturated heterocycles. The number of hydrogen-bond donors (Lipinski definition) is 3. The summed E-state index contributed by atoms with van der Waals surface area (Å²) in [5.41, 5.74) is 1.90. The summed E-state index contributed by atoms with van der Waals surface area (Å²) in [5, 5.41) is 15.3. The van der Waals surface area contributed by atoms with Crippen molar-refractivity contribution in [3.63, 3.8) is 0 Å². The Hall–Kier alpha value is -1.14. The third-order valence-corrected chi connectivity index (χ3v) is 4.43. The van der Waals surface area contributed by atoms with E-state index in [-0.39, 0.29) is 24.4 Å². The van der Waals surface area contributed by atoms with E-state index >= 15 is 0 Å². The number of aliphatic hydroxyl groups excluding tert-OH is 1. The first-order valence-electron chi connectivity index (χ1n) is 8.13. The van der Waals surface area contributed by atoms with Gasteiger partial charge in [0.05, 0.1) is 24.9 Å². The number of halogens is 1. The molecule has 2 atom stereocenters. The Morgan fingerprint density at radius 1 is 1.26 bits per heavy atom. The van der Waals surface area contributed by atoms with Crippen LogP contribution >= 0.6 is 12.4 Å². The van der Waals surface area contributed by atoms with E-state index < -0.39 is 6.10 Å². The van der Waals surface area contributed by atoms with E-state index in [0.29, 0.717) is 25.7 Å². The van der Waals surface area contributed by atoms with Crippen molar-refractivity contribution in [2.75, 3.05) is 11.9 Å². The lowest BCUT2D eigenvalue weighted by atomic mass is 10.1. The first kappa shape index (κ1) is 18.2. The molecule has 1 heterocycles. The Bertz CT molecular complexity index is 503. The van der Waals surface area contributed by atoms with Crippen LogP contribution in [0.1, 0.15) is 37.7 Å². The average Bonchev–Trinajstić information content (AvgIpc) is 3.18. The Balaban J connectivity index is 0.00000192. The van der Waals surface area contributed by atoms with Crippen LogP contribution in [-0.4, -0.2) is 35.8 Å². The molecule has 23 heavy (non-hydrogen) atoms. The number of carbonyl (C=O) groups excluding carboxylic acids is 1. The summed E-state index contributed by atoms with van der Waals surface area (Å²) in [4.78, 5) is 12.0. The topological polar surface area (TPSA) is 70.6 Å². The van der Waals surface area contributed by atoms with Crippen LogP contribution in [0.4, 0.5) is 5.69 Å². The fourth-order valence-corrected chi connectivity index (χ4v) is 3.10. The van der Waals surface area contributed by atoms with Crippen molar-refractivity contribution < 1.29 is 14.6 Å². The summed E-state index contributed by atoms with van der Waals surface area (Å²) < 4.78 is 5.88. The van der Waals surface area contributed by atoms with E-state index in [4.69, 9.17) is 4.74 Å². The van der Waals surface area contributed by atoms with Gasteiger partial charge in [0.25, 0.3) is 0 Å². The summed E-state index contributed by atoms with van der Waals surface area (Å²) >= 11 is 0. The van der Waals surface area contributed by atoms with E-state index in [9.17, 15) is 9.90 Å². The van der Waals surface area contributed by atoms with Gasteiger partial charge in [-0.1, -0.05) is 25.0 Å². The summed E-state index contributed by atoms with van der Waals surface area (Å²) in [6, 6.07) is 7.47. The molecule has 0 aromatic heterocycles. The molecule has 2 fully saturated rings. The molecule has 0 radical (unpaired) electrons. The van der Waals surface area contributed by atoms with Gasteiger partial charge in [0.2, 0.25) is 5.91 Å². The van der Waals surface area contributed by atoms with Crippen molar-refractivity contribution in [3.8, 4) is 0 Å². The summed E-state index contributed by atoms with van der Waals surface area (Å²) in [7, 11) is 0. The third kappa shape index (κ3) is 5.18. The number of carbonyl (C=O) groups is 1. The molecule has 3 rings (SSSR count). The first-order chi connectivity index (χ1) is 10.7. The Labute approximate surface area is 143 Å². The molecular weight excluding hydrogens is 316 g/mol. The lowest BCUT2D eigenvalue weighted by Crippen LogP contribution is -2.35. The molecule has 1 aliphatic heterocycles. The number of benzene rings is 1. The van der Waals surface area contributed by atoms with Gasteiger partial charge in [-0.3, -0.25) is 4.79 Å². The van der Waals surface area contributed by atoms with Gasteiger partial charge in [-0.15, -0.1) is 12.4 Å². The predicted octanol–water partition coefficient (Wildman–Crippen LogP) is 2.23. The zero-order valence-corrected chi connectivity index (χ0v) is 14.0. The standard InChI is InChI=1S/C17H24N2O3.ClH/c20-14-9-16(18-10-14)17(21)19-13-7-5-12(6-8-13)11-22-15-3-1-2-4-15;/h5-8,14-16,18,20H,1-4,9-11H2,(H,19,21);1H. The van der Waals surface area contributed by atoms with E-state index in [1.165, 1.54) is 25.7 Å². The molecule has 1 amide bonds. The molecule has 1 aromatic carbocycles. The van der Waals surface area contributed by atoms with Gasteiger partial charge in [0, 0.05) is 12.2 Å². The second-order valence-electron chi connectivity index (χ2n) is 6.25. The molecule has 3 N–H and O–H groups in total. The normalized spacial score (nSPS) is 24.4. The van der Waals surface area contributed by atoms with Crippen LogP contribution in [0.15, 0.2) is 24.3 Å². The monoisotopic (exact) mass is 340 g/mol. The molecule has 1 aromatic rings. The Morgan fingerprint density at radius 3 is 2.57 bits per heavy atom. The smallest absolute Gasteiger partial charge is 0.241 e. The van der Waals surface area contributed by atoms with Crippen molar-refractivity contribution >= 4 is 24.0 Å². The minimum Gasteiger partial charge on any atom is -0.392 e. The summed E-state index contributed by atoms with van der Waals surface area (Å²) in [5.74, 6) is -0.0912. The number of ether oxygens (including phenoxy) is 1. The van der Waals surface area contributed by atoms with Crippen LogP contribution < -0.4 is 10.6 Å². The summed E-state index contributed by atoms with van der Waals surface area (Å²) in [6.45, 7) is 1.12. The van der Waals surface area contributed by atoms with Gasteiger partial charge >= 0.3 is 0 Å². The molecule has 1 saturated carbocycles. The number of hydrogen-bond acceptors (Lipinski definition) is 4. The van der Waals surface area contributed by atoms with Gasteiger partial charge in [0.15, 0.2) is 0 Å². The molecule has 128 valence electrons. The second kappa shape index (κ2) is 8.64. The quantitative estimate of drug-likeness (QED) is 0.768. The Kier molecular flexibility index (Phi) is 6.84. The summed E-state index contributed by atoms with van der Waals surface area (Å²) in [6.07, 6.45) is 5.37. The average molecular weight is 341 g/mol. The molecule has 0 bridgehead atoms. The molecule has 0 spiro atoms. The van der Waals surface area contributed by atoms with Crippen LogP contribution in [-0.2, 0) is 16.1 Å². The number of β-amino-alcohol motifs (C(OH)–C–C–N with tert-alkyl or cyclic N) is 1. The fourth-order valence-electron chi connectivity index (χ4n) is 3.10. The van der Waals surface area contributed by atoms with Crippen molar-refractivity contribution in [2.24, 2.45) is 0 Å². The maximum atomic E-state index is 12.0. The van der Waals surface area contributed by atoms with Gasteiger partial charge in [-0.25, -0.2) is 0 Å². The van der Waals surface area contributed by atoms with Crippen LogP contribution in [0.5, 0.6) is 0 Å². The first-order valence-corrected chi connectivity index (χ1v) is 8.13. The number of aliphatic hydroxyl groups is 1. The maximum Gasteiger partial charge on any atom is 0.241 e. The number of anilines is 1.